The van der Waals surface area contributed by atoms with E-state index in [-0.39, 0.29) is 6.04 Å². The minimum absolute atomic E-state index is 0.262. The molecule has 1 nitrogen and oxygen atoms in total. The molecule has 0 spiro atoms. The fraction of sp³-hybridized carbons (Fsp3) is 0.375. The van der Waals surface area contributed by atoms with Gasteiger partial charge in [-0.25, -0.2) is 0 Å². The first kappa shape index (κ1) is 14.8. The van der Waals surface area contributed by atoms with Gasteiger partial charge in [0.2, 0.25) is 0 Å². The van der Waals surface area contributed by atoms with Crippen LogP contribution in [-0.4, -0.2) is 7.05 Å². The second kappa shape index (κ2) is 6.30. The zero-order chi connectivity index (χ0) is 14.1. The fourth-order valence-corrected chi connectivity index (χ4v) is 4.91. The Hall–Kier alpha value is -0.160. The molecule has 1 aromatic heterocycles. The third-order valence-electron chi connectivity index (χ3n) is 4.08. The lowest BCUT2D eigenvalue weighted by atomic mass is 9.80. The Balaban J connectivity index is 1.85. The van der Waals surface area contributed by atoms with Crippen LogP contribution in [0.5, 0.6) is 0 Å². The topological polar surface area (TPSA) is 12.0 Å². The predicted octanol–water partition coefficient (Wildman–Crippen LogP) is 5.85. The van der Waals surface area contributed by atoms with Crippen LogP contribution in [0.4, 0.5) is 0 Å². The molecule has 1 aliphatic rings. The van der Waals surface area contributed by atoms with E-state index in [0.717, 1.165) is 14.2 Å². The molecule has 1 N–H and O–H groups in total. The number of hydrogen-bond acceptors (Lipinski definition) is 2. The highest BCUT2D eigenvalue weighted by atomic mass is 79.9. The van der Waals surface area contributed by atoms with Crippen LogP contribution in [0.3, 0.4) is 0 Å². The van der Waals surface area contributed by atoms with E-state index >= 15 is 0 Å². The molecule has 1 saturated carbocycles. The largest absolute Gasteiger partial charge is 0.309 e. The number of nitrogens with one attached hydrogen (secondary N) is 1. The van der Waals surface area contributed by atoms with Crippen LogP contribution in [0.25, 0.3) is 0 Å². The molecule has 0 amide bonds. The molecule has 0 radical (unpaired) electrons. The van der Waals surface area contributed by atoms with Crippen LogP contribution >= 0.6 is 43.2 Å². The molecule has 3 rings (SSSR count). The molecule has 1 aliphatic carbocycles. The Morgan fingerprint density at radius 1 is 1.20 bits per heavy atom. The number of thiophene rings is 1. The van der Waals surface area contributed by atoms with Crippen LogP contribution < -0.4 is 5.32 Å². The SMILES string of the molecule is CNC(c1ccc(C2CCC2)cc1)c1cc(Br)c(Br)s1. The average molecular weight is 415 g/mol. The Labute approximate surface area is 141 Å². The van der Waals surface area contributed by atoms with Crippen molar-refractivity contribution < 1.29 is 0 Å². The molecular weight excluding hydrogens is 398 g/mol. The maximum absolute atomic E-state index is 3.58. The van der Waals surface area contributed by atoms with Gasteiger partial charge in [-0.2, -0.15) is 0 Å². The summed E-state index contributed by atoms with van der Waals surface area (Å²) in [6.45, 7) is 0. The van der Waals surface area contributed by atoms with Gasteiger partial charge in [0.25, 0.3) is 0 Å². The summed E-state index contributed by atoms with van der Waals surface area (Å²) in [5.41, 5.74) is 2.83. The predicted molar refractivity (Wildman–Crippen MR) is 93.7 cm³/mol. The summed E-state index contributed by atoms with van der Waals surface area (Å²) >= 11 is 8.92. The molecule has 1 heterocycles. The van der Waals surface area contributed by atoms with Gasteiger partial charge in [0, 0.05) is 9.35 Å². The van der Waals surface area contributed by atoms with Gasteiger partial charge in [-0.15, -0.1) is 11.3 Å². The minimum atomic E-state index is 0.262. The molecule has 2 aromatic rings. The highest BCUT2D eigenvalue weighted by molar-refractivity contribution is 9.13. The van der Waals surface area contributed by atoms with E-state index in [1.165, 1.54) is 35.3 Å². The summed E-state index contributed by atoms with van der Waals surface area (Å²) < 4.78 is 2.28. The molecule has 0 aliphatic heterocycles. The summed E-state index contributed by atoms with van der Waals surface area (Å²) in [5.74, 6) is 0.808. The van der Waals surface area contributed by atoms with Gasteiger partial charge in [-0.3, -0.25) is 0 Å². The van der Waals surface area contributed by atoms with Crippen LogP contribution in [0.15, 0.2) is 38.6 Å². The molecule has 4 heteroatoms. The molecular formula is C16H17Br2NS. The fourth-order valence-electron chi connectivity index (χ4n) is 2.68. The van der Waals surface area contributed by atoms with Crippen molar-refractivity contribution in [1.29, 1.82) is 0 Å². The monoisotopic (exact) mass is 413 g/mol. The van der Waals surface area contributed by atoms with E-state index in [2.05, 4.69) is 67.5 Å². The van der Waals surface area contributed by atoms with Gasteiger partial charge < -0.3 is 5.32 Å². The summed E-state index contributed by atoms with van der Waals surface area (Å²) in [7, 11) is 2.02. The maximum Gasteiger partial charge on any atom is 0.0843 e. The highest BCUT2D eigenvalue weighted by Crippen LogP contribution is 2.39. The van der Waals surface area contributed by atoms with Crippen molar-refractivity contribution in [3.8, 4) is 0 Å². The molecule has 1 unspecified atom stereocenters. The third-order valence-corrected chi connectivity index (χ3v) is 7.40. The smallest absolute Gasteiger partial charge is 0.0843 e. The van der Waals surface area contributed by atoms with Crippen LogP contribution in [0.2, 0.25) is 0 Å². The van der Waals surface area contributed by atoms with Gasteiger partial charge in [-0.1, -0.05) is 30.7 Å². The first-order valence-corrected chi connectivity index (χ1v) is 9.31. The third kappa shape index (κ3) is 2.89. The van der Waals surface area contributed by atoms with Gasteiger partial charge in [-0.05, 0) is 74.9 Å². The van der Waals surface area contributed by atoms with Crippen molar-refractivity contribution in [2.24, 2.45) is 0 Å². The van der Waals surface area contributed by atoms with Gasteiger partial charge in [0.1, 0.15) is 0 Å². The lowest BCUT2D eigenvalue weighted by molar-refractivity contribution is 0.419. The van der Waals surface area contributed by atoms with E-state index in [1.54, 1.807) is 11.3 Å². The number of hydrogen-bond donors (Lipinski definition) is 1. The Bertz CT molecular complexity index is 568. The van der Waals surface area contributed by atoms with Gasteiger partial charge in [0.05, 0.1) is 9.83 Å². The van der Waals surface area contributed by atoms with Gasteiger partial charge in [0.15, 0.2) is 0 Å². The van der Waals surface area contributed by atoms with E-state index < -0.39 is 0 Å². The maximum atomic E-state index is 3.58. The summed E-state index contributed by atoms with van der Waals surface area (Å²) in [6, 6.07) is 11.6. The van der Waals surface area contributed by atoms with E-state index in [1.807, 2.05) is 7.05 Å². The Morgan fingerprint density at radius 3 is 2.35 bits per heavy atom. The van der Waals surface area contributed by atoms with Crippen molar-refractivity contribution in [3.05, 3.63) is 54.6 Å². The van der Waals surface area contributed by atoms with Crippen LogP contribution in [-0.2, 0) is 0 Å². The molecule has 1 aromatic carbocycles. The second-order valence-electron chi connectivity index (χ2n) is 5.29. The van der Waals surface area contributed by atoms with Crippen molar-refractivity contribution in [1.82, 2.24) is 5.32 Å². The van der Waals surface area contributed by atoms with Crippen LogP contribution in [0, 0.1) is 0 Å². The molecule has 106 valence electrons. The van der Waals surface area contributed by atoms with Crippen molar-refractivity contribution in [2.45, 2.75) is 31.2 Å². The second-order valence-corrected chi connectivity index (χ2v) is 8.54. The van der Waals surface area contributed by atoms with Crippen molar-refractivity contribution in [2.75, 3.05) is 7.05 Å². The first-order chi connectivity index (χ1) is 9.69. The van der Waals surface area contributed by atoms with E-state index in [4.69, 9.17) is 0 Å². The molecule has 1 fully saturated rings. The average Bonchev–Trinajstić information content (AvgIpc) is 2.70. The lowest BCUT2D eigenvalue weighted by Crippen LogP contribution is -2.16. The van der Waals surface area contributed by atoms with Crippen molar-refractivity contribution in [3.63, 3.8) is 0 Å². The normalized spacial score (nSPS) is 16.9. The number of halogens is 2. The van der Waals surface area contributed by atoms with Crippen molar-refractivity contribution >= 4 is 43.2 Å². The lowest BCUT2D eigenvalue weighted by Gasteiger charge is -2.26. The summed E-state index contributed by atoms with van der Waals surface area (Å²) in [4.78, 5) is 1.32. The van der Waals surface area contributed by atoms with E-state index in [0.29, 0.717) is 0 Å². The van der Waals surface area contributed by atoms with E-state index in [9.17, 15) is 0 Å². The number of benzene rings is 1. The van der Waals surface area contributed by atoms with Crippen LogP contribution in [0.1, 0.15) is 47.2 Å². The Kier molecular flexibility index (Phi) is 4.65. The summed E-state index contributed by atoms with van der Waals surface area (Å²) in [5, 5.41) is 3.42. The molecule has 1 atom stereocenters. The highest BCUT2D eigenvalue weighted by Gasteiger charge is 2.20. The van der Waals surface area contributed by atoms with Gasteiger partial charge >= 0.3 is 0 Å². The molecule has 0 saturated heterocycles. The Morgan fingerprint density at radius 2 is 1.90 bits per heavy atom. The molecule has 0 bridgehead atoms. The minimum Gasteiger partial charge on any atom is -0.309 e. The zero-order valence-corrected chi connectivity index (χ0v) is 15.3. The number of rotatable bonds is 4. The standard InChI is InChI=1S/C16H17Br2NS/c1-19-15(14-9-13(17)16(18)20-14)12-7-5-11(6-8-12)10-3-2-4-10/h5-10,15,19H,2-4H2,1H3. The quantitative estimate of drug-likeness (QED) is 0.661. The summed E-state index contributed by atoms with van der Waals surface area (Å²) in [6.07, 6.45) is 4.11. The first-order valence-electron chi connectivity index (χ1n) is 6.91. The zero-order valence-electron chi connectivity index (χ0n) is 11.3. The molecule has 20 heavy (non-hydrogen) atoms.